The van der Waals surface area contributed by atoms with Gasteiger partial charge in [0.05, 0.1) is 6.20 Å². The summed E-state index contributed by atoms with van der Waals surface area (Å²) in [5.41, 5.74) is 2.07. The van der Waals surface area contributed by atoms with Gasteiger partial charge in [0.25, 0.3) is 0 Å². The summed E-state index contributed by atoms with van der Waals surface area (Å²) in [5, 5.41) is 10.9. The average molecular weight is 350 g/mol. The van der Waals surface area contributed by atoms with Crippen molar-refractivity contribution < 1.29 is 14.0 Å². The smallest absolute Gasteiger partial charge is 0.249 e. The highest BCUT2D eigenvalue weighted by Gasteiger charge is 2.09. The van der Waals surface area contributed by atoms with E-state index in [4.69, 9.17) is 4.42 Å². The van der Waals surface area contributed by atoms with Crippen molar-refractivity contribution in [3.05, 3.63) is 71.3 Å². The van der Waals surface area contributed by atoms with E-state index in [1.54, 1.807) is 18.2 Å². The molecule has 1 N–H and O–H groups in total. The van der Waals surface area contributed by atoms with Gasteiger partial charge < -0.3 is 9.73 Å². The van der Waals surface area contributed by atoms with Crippen LogP contribution in [0.4, 0.5) is 5.82 Å². The van der Waals surface area contributed by atoms with Crippen molar-refractivity contribution in [2.24, 2.45) is 0 Å². The van der Waals surface area contributed by atoms with Crippen molar-refractivity contribution in [1.82, 2.24) is 15.0 Å². The molecule has 0 bridgehead atoms. The molecule has 0 atom stereocenters. The minimum absolute atomic E-state index is 0.141. The molecule has 3 aromatic rings. The van der Waals surface area contributed by atoms with Crippen LogP contribution in [-0.2, 0) is 11.3 Å². The van der Waals surface area contributed by atoms with Crippen LogP contribution in [0.2, 0.25) is 0 Å². The van der Waals surface area contributed by atoms with Crippen LogP contribution < -0.4 is 5.32 Å². The molecule has 1 amide bonds. The first-order chi connectivity index (χ1) is 12.5. The number of anilines is 1. The Balaban J connectivity index is 1.59. The second-order valence-corrected chi connectivity index (χ2v) is 5.82. The Kier molecular flexibility index (Phi) is 5.07. The fourth-order valence-corrected chi connectivity index (χ4v) is 2.34. The van der Waals surface area contributed by atoms with Crippen LogP contribution in [0.25, 0.3) is 6.08 Å². The molecular formula is C19H18N4O3. The molecule has 0 saturated carbocycles. The molecule has 0 unspecified atom stereocenters. The van der Waals surface area contributed by atoms with Crippen molar-refractivity contribution in [2.45, 2.75) is 20.4 Å². The molecule has 7 heteroatoms. The van der Waals surface area contributed by atoms with E-state index in [1.807, 2.05) is 31.2 Å². The van der Waals surface area contributed by atoms with E-state index >= 15 is 0 Å². The molecular weight excluding hydrogens is 332 g/mol. The van der Waals surface area contributed by atoms with Gasteiger partial charge in [0, 0.05) is 13.0 Å². The normalized spacial score (nSPS) is 11.0. The molecule has 2 heterocycles. The van der Waals surface area contributed by atoms with Gasteiger partial charge in [0.1, 0.15) is 12.3 Å². The van der Waals surface area contributed by atoms with Crippen LogP contribution in [0.3, 0.4) is 0 Å². The quantitative estimate of drug-likeness (QED) is 0.545. The molecule has 132 valence electrons. The van der Waals surface area contributed by atoms with E-state index in [2.05, 4.69) is 15.5 Å². The van der Waals surface area contributed by atoms with Gasteiger partial charge in [-0.25, -0.2) is 0 Å². The highest BCUT2D eigenvalue weighted by Crippen LogP contribution is 2.10. The fraction of sp³-hybridized carbons (Fsp3) is 0.158. The molecule has 0 aliphatic rings. The Bertz CT molecular complexity index is 969. The van der Waals surface area contributed by atoms with Crippen molar-refractivity contribution in [1.29, 1.82) is 0 Å². The summed E-state index contributed by atoms with van der Waals surface area (Å²) in [4.78, 5) is 24.6. The van der Waals surface area contributed by atoms with Crippen LogP contribution in [0.15, 0.2) is 53.1 Å². The molecule has 1 aromatic carbocycles. The Labute approximate surface area is 150 Å². The largest absolute Gasteiger partial charge is 0.456 e. The predicted molar refractivity (Wildman–Crippen MR) is 96.7 cm³/mol. The number of hydrogen-bond donors (Lipinski definition) is 1. The maximum atomic E-state index is 12.0. The molecule has 0 fully saturated rings. The SMILES string of the molecule is CC(=O)c1ccc(Cn2ncc(NC(=O)C=Cc3cccc(C)c3)n2)o1. The summed E-state index contributed by atoms with van der Waals surface area (Å²) < 4.78 is 5.39. The third-order valence-electron chi connectivity index (χ3n) is 3.56. The second kappa shape index (κ2) is 7.60. The number of carbonyl (C=O) groups is 2. The standard InChI is InChI=1S/C19H18N4O3/c1-13-4-3-5-15(10-13)6-9-19(25)21-18-11-20-23(22-18)12-16-7-8-17(26-16)14(2)24/h3-11H,12H2,1-2H3,(H,21,22,25). The Hall–Kier alpha value is -3.48. The van der Waals surface area contributed by atoms with Gasteiger partial charge in [-0.3, -0.25) is 9.59 Å². The van der Waals surface area contributed by atoms with Crippen LogP contribution >= 0.6 is 0 Å². The molecule has 0 radical (unpaired) electrons. The predicted octanol–water partition coefficient (Wildman–Crippen LogP) is 3.08. The third-order valence-corrected chi connectivity index (χ3v) is 3.56. The molecule has 0 saturated heterocycles. The van der Waals surface area contributed by atoms with E-state index < -0.39 is 0 Å². The lowest BCUT2D eigenvalue weighted by Crippen LogP contribution is -2.09. The lowest BCUT2D eigenvalue weighted by molar-refractivity contribution is -0.111. The number of nitrogens with one attached hydrogen (secondary N) is 1. The number of carbonyl (C=O) groups excluding carboxylic acids is 2. The molecule has 7 nitrogen and oxygen atoms in total. The number of aryl methyl sites for hydroxylation is 1. The van der Waals surface area contributed by atoms with Crippen molar-refractivity contribution >= 4 is 23.6 Å². The van der Waals surface area contributed by atoms with E-state index in [-0.39, 0.29) is 18.2 Å². The zero-order valence-electron chi connectivity index (χ0n) is 14.5. The van der Waals surface area contributed by atoms with Gasteiger partial charge in [-0.2, -0.15) is 9.90 Å². The summed E-state index contributed by atoms with van der Waals surface area (Å²) in [6, 6.07) is 11.1. The van der Waals surface area contributed by atoms with Gasteiger partial charge in [-0.05, 0) is 30.7 Å². The van der Waals surface area contributed by atoms with Crippen LogP contribution in [-0.4, -0.2) is 26.7 Å². The van der Waals surface area contributed by atoms with E-state index in [0.29, 0.717) is 17.3 Å². The summed E-state index contributed by atoms with van der Waals surface area (Å²) in [5.74, 6) is 0.751. The second-order valence-electron chi connectivity index (χ2n) is 5.82. The minimum Gasteiger partial charge on any atom is -0.456 e. The number of hydrogen-bond acceptors (Lipinski definition) is 5. The monoisotopic (exact) mass is 350 g/mol. The lowest BCUT2D eigenvalue weighted by Gasteiger charge is -1.98. The lowest BCUT2D eigenvalue weighted by atomic mass is 10.1. The highest BCUT2D eigenvalue weighted by molar-refractivity contribution is 6.01. The number of benzene rings is 1. The van der Waals surface area contributed by atoms with E-state index in [0.717, 1.165) is 11.1 Å². The van der Waals surface area contributed by atoms with Crippen LogP contribution in [0, 0.1) is 6.92 Å². The van der Waals surface area contributed by atoms with E-state index in [1.165, 1.54) is 24.0 Å². The van der Waals surface area contributed by atoms with Gasteiger partial charge in [-0.15, -0.1) is 5.10 Å². The molecule has 0 spiro atoms. The van der Waals surface area contributed by atoms with E-state index in [9.17, 15) is 9.59 Å². The number of furan rings is 1. The fourth-order valence-electron chi connectivity index (χ4n) is 2.34. The van der Waals surface area contributed by atoms with Crippen LogP contribution in [0.5, 0.6) is 0 Å². The van der Waals surface area contributed by atoms with Gasteiger partial charge in [0.2, 0.25) is 5.91 Å². The van der Waals surface area contributed by atoms with Gasteiger partial charge in [-0.1, -0.05) is 29.8 Å². The molecule has 26 heavy (non-hydrogen) atoms. The van der Waals surface area contributed by atoms with Crippen molar-refractivity contribution in [3.63, 3.8) is 0 Å². The number of amides is 1. The Morgan fingerprint density at radius 3 is 2.85 bits per heavy atom. The number of ketones is 1. The highest BCUT2D eigenvalue weighted by atomic mass is 16.3. The summed E-state index contributed by atoms with van der Waals surface area (Å²) >= 11 is 0. The Morgan fingerprint density at radius 2 is 2.12 bits per heavy atom. The van der Waals surface area contributed by atoms with Crippen molar-refractivity contribution in [3.8, 4) is 0 Å². The third kappa shape index (κ3) is 4.54. The molecule has 0 aliphatic heterocycles. The first-order valence-corrected chi connectivity index (χ1v) is 8.05. The van der Waals surface area contributed by atoms with Crippen LogP contribution in [0.1, 0.15) is 34.4 Å². The number of rotatable bonds is 6. The number of nitrogens with zero attached hydrogens (tertiary/aromatic N) is 3. The first-order valence-electron chi connectivity index (χ1n) is 8.05. The van der Waals surface area contributed by atoms with Gasteiger partial charge in [0.15, 0.2) is 17.4 Å². The van der Waals surface area contributed by atoms with Crippen molar-refractivity contribution in [2.75, 3.05) is 5.32 Å². The number of aromatic nitrogens is 3. The summed E-state index contributed by atoms with van der Waals surface area (Å²) in [6.07, 6.45) is 4.63. The first kappa shape index (κ1) is 17.3. The number of Topliss-reactive ketones (excluding diaryl/α,β-unsaturated/α-hetero) is 1. The molecule has 0 aliphatic carbocycles. The zero-order chi connectivity index (χ0) is 18.5. The maximum Gasteiger partial charge on any atom is 0.249 e. The maximum absolute atomic E-state index is 12.0. The topological polar surface area (TPSA) is 90.0 Å². The minimum atomic E-state index is -0.296. The molecule has 3 rings (SSSR count). The molecule has 2 aromatic heterocycles. The average Bonchev–Trinajstić information content (AvgIpc) is 3.23. The summed E-state index contributed by atoms with van der Waals surface area (Å²) in [6.45, 7) is 3.70. The Morgan fingerprint density at radius 1 is 1.27 bits per heavy atom. The summed E-state index contributed by atoms with van der Waals surface area (Å²) in [7, 11) is 0. The zero-order valence-corrected chi connectivity index (χ0v) is 14.5. The van der Waals surface area contributed by atoms with Gasteiger partial charge >= 0.3 is 0 Å².